The van der Waals surface area contributed by atoms with Crippen molar-refractivity contribution in [3.63, 3.8) is 0 Å². The largest absolute Gasteiger partial charge is 0.337 e. The Hall–Kier alpha value is -2.90. The SMILES string of the molecule is CCN1CCN(Cc2ccccc2CNC(=O)N2CCCN(C(=O)c3cccc(C)c3)CC2)CC1. The zero-order valence-corrected chi connectivity index (χ0v) is 21.2. The highest BCUT2D eigenvalue weighted by Gasteiger charge is 2.23. The Kier molecular flexibility index (Phi) is 8.77. The van der Waals surface area contributed by atoms with Crippen LogP contribution in [0.5, 0.6) is 0 Å². The summed E-state index contributed by atoms with van der Waals surface area (Å²) < 4.78 is 0. The molecule has 3 amide bonds. The lowest BCUT2D eigenvalue weighted by Crippen LogP contribution is -2.45. The predicted octanol–water partition coefficient (Wildman–Crippen LogP) is 3.19. The van der Waals surface area contributed by atoms with Gasteiger partial charge in [-0.05, 0) is 43.1 Å². The molecule has 2 aromatic carbocycles. The second-order valence-electron chi connectivity index (χ2n) is 9.64. The Labute approximate surface area is 209 Å². The first kappa shape index (κ1) is 25.2. The van der Waals surface area contributed by atoms with Crippen molar-refractivity contribution in [2.75, 3.05) is 58.9 Å². The average Bonchev–Trinajstić information content (AvgIpc) is 3.14. The topological polar surface area (TPSA) is 59.1 Å². The van der Waals surface area contributed by atoms with Crippen molar-refractivity contribution >= 4 is 11.9 Å². The molecule has 0 atom stereocenters. The van der Waals surface area contributed by atoms with Gasteiger partial charge >= 0.3 is 6.03 Å². The molecular weight excluding hydrogens is 438 g/mol. The average molecular weight is 478 g/mol. The number of nitrogens with zero attached hydrogens (tertiary/aromatic N) is 4. The molecule has 0 saturated carbocycles. The smallest absolute Gasteiger partial charge is 0.317 e. The van der Waals surface area contributed by atoms with Crippen molar-refractivity contribution in [1.82, 2.24) is 24.9 Å². The second kappa shape index (κ2) is 12.2. The molecule has 188 valence electrons. The maximum absolute atomic E-state index is 13.0. The number of hydrogen-bond acceptors (Lipinski definition) is 4. The monoisotopic (exact) mass is 477 g/mol. The fraction of sp³-hybridized carbons (Fsp3) is 0.500. The van der Waals surface area contributed by atoms with Crippen LogP contribution in [0.4, 0.5) is 4.79 Å². The van der Waals surface area contributed by atoms with Gasteiger partial charge in [0.2, 0.25) is 0 Å². The van der Waals surface area contributed by atoms with Crippen molar-refractivity contribution < 1.29 is 9.59 Å². The van der Waals surface area contributed by atoms with Gasteiger partial charge in [0.15, 0.2) is 0 Å². The van der Waals surface area contributed by atoms with Crippen LogP contribution >= 0.6 is 0 Å². The third kappa shape index (κ3) is 6.83. The Morgan fingerprint density at radius 2 is 1.49 bits per heavy atom. The molecule has 0 aromatic heterocycles. The van der Waals surface area contributed by atoms with Crippen LogP contribution in [0.2, 0.25) is 0 Å². The molecule has 7 nitrogen and oxygen atoms in total. The molecule has 4 rings (SSSR count). The van der Waals surface area contributed by atoms with E-state index in [-0.39, 0.29) is 11.9 Å². The molecule has 1 N–H and O–H groups in total. The number of amides is 3. The Bertz CT molecular complexity index is 1000. The lowest BCUT2D eigenvalue weighted by atomic mass is 10.1. The van der Waals surface area contributed by atoms with Crippen molar-refractivity contribution in [3.8, 4) is 0 Å². The van der Waals surface area contributed by atoms with Gasteiger partial charge in [-0.15, -0.1) is 0 Å². The second-order valence-corrected chi connectivity index (χ2v) is 9.64. The first-order chi connectivity index (χ1) is 17.0. The summed E-state index contributed by atoms with van der Waals surface area (Å²) in [6.07, 6.45) is 0.783. The molecule has 7 heteroatoms. The number of hydrogen-bond donors (Lipinski definition) is 1. The van der Waals surface area contributed by atoms with Crippen LogP contribution in [0, 0.1) is 6.92 Å². The van der Waals surface area contributed by atoms with E-state index >= 15 is 0 Å². The summed E-state index contributed by atoms with van der Waals surface area (Å²) in [6, 6.07) is 16.1. The van der Waals surface area contributed by atoms with Crippen LogP contribution < -0.4 is 5.32 Å². The molecule has 35 heavy (non-hydrogen) atoms. The van der Waals surface area contributed by atoms with Crippen LogP contribution in [-0.2, 0) is 13.1 Å². The third-order valence-corrected chi connectivity index (χ3v) is 7.19. The summed E-state index contributed by atoms with van der Waals surface area (Å²) in [6.45, 7) is 13.6. The van der Waals surface area contributed by atoms with Gasteiger partial charge in [0.25, 0.3) is 5.91 Å². The molecule has 0 spiro atoms. The van der Waals surface area contributed by atoms with E-state index in [1.54, 1.807) is 0 Å². The number of aryl methyl sites for hydroxylation is 1. The highest BCUT2D eigenvalue weighted by molar-refractivity contribution is 5.94. The number of benzene rings is 2. The van der Waals surface area contributed by atoms with E-state index in [4.69, 9.17) is 0 Å². The minimum atomic E-state index is -0.0544. The number of piperazine rings is 1. The van der Waals surface area contributed by atoms with Crippen LogP contribution in [0.15, 0.2) is 48.5 Å². The van der Waals surface area contributed by atoms with E-state index in [1.165, 1.54) is 11.1 Å². The summed E-state index contributed by atoms with van der Waals surface area (Å²) in [4.78, 5) is 34.6. The maximum Gasteiger partial charge on any atom is 0.317 e. The lowest BCUT2D eigenvalue weighted by Gasteiger charge is -2.34. The minimum Gasteiger partial charge on any atom is -0.337 e. The number of urea groups is 1. The van der Waals surface area contributed by atoms with Crippen molar-refractivity contribution in [1.29, 1.82) is 0 Å². The predicted molar refractivity (Wildman–Crippen MR) is 139 cm³/mol. The molecule has 0 bridgehead atoms. The number of rotatable bonds is 6. The fourth-order valence-electron chi connectivity index (χ4n) is 4.96. The number of nitrogens with one attached hydrogen (secondary N) is 1. The van der Waals surface area contributed by atoms with Gasteiger partial charge in [-0.2, -0.15) is 0 Å². The summed E-state index contributed by atoms with van der Waals surface area (Å²) in [5.74, 6) is 0.0460. The molecule has 2 aromatic rings. The summed E-state index contributed by atoms with van der Waals surface area (Å²) in [5, 5.41) is 3.13. The number of likely N-dealkylation sites (N-methyl/N-ethyl adjacent to an activating group) is 1. The quantitative estimate of drug-likeness (QED) is 0.694. The molecular formula is C28H39N5O2. The standard InChI is InChI=1S/C28H39N5O2/c1-3-30-14-16-31(17-15-30)22-26-10-5-4-9-25(26)21-29-28(35)33-13-7-12-32(18-19-33)27(34)24-11-6-8-23(2)20-24/h4-6,8-11,20H,3,7,12-19,21-22H2,1-2H3,(H,29,35). The maximum atomic E-state index is 13.0. The molecule has 2 aliphatic rings. The molecule has 2 saturated heterocycles. The van der Waals surface area contributed by atoms with Gasteiger partial charge in [-0.3, -0.25) is 9.69 Å². The molecule has 2 aliphatic heterocycles. The molecule has 0 aliphatic carbocycles. The fourth-order valence-corrected chi connectivity index (χ4v) is 4.96. The van der Waals surface area contributed by atoms with E-state index in [0.717, 1.165) is 56.8 Å². The van der Waals surface area contributed by atoms with Gasteiger partial charge in [0.05, 0.1) is 0 Å². The highest BCUT2D eigenvalue weighted by atomic mass is 16.2. The van der Waals surface area contributed by atoms with E-state index in [2.05, 4.69) is 40.2 Å². The molecule has 0 radical (unpaired) electrons. The molecule has 2 heterocycles. The van der Waals surface area contributed by atoms with E-state index in [9.17, 15) is 9.59 Å². The van der Waals surface area contributed by atoms with Gasteiger partial charge in [0.1, 0.15) is 0 Å². The molecule has 2 fully saturated rings. The van der Waals surface area contributed by atoms with Gasteiger partial charge in [-0.1, -0.05) is 48.9 Å². The van der Waals surface area contributed by atoms with E-state index in [1.807, 2.05) is 47.1 Å². The first-order valence-corrected chi connectivity index (χ1v) is 12.9. The third-order valence-electron chi connectivity index (χ3n) is 7.19. The highest BCUT2D eigenvalue weighted by Crippen LogP contribution is 2.15. The zero-order valence-electron chi connectivity index (χ0n) is 21.2. The van der Waals surface area contributed by atoms with Crippen molar-refractivity contribution in [3.05, 3.63) is 70.8 Å². The Morgan fingerprint density at radius 3 is 2.23 bits per heavy atom. The van der Waals surface area contributed by atoms with Crippen LogP contribution in [0.3, 0.4) is 0 Å². The Morgan fingerprint density at radius 1 is 0.800 bits per heavy atom. The minimum absolute atomic E-state index is 0.0460. The summed E-state index contributed by atoms with van der Waals surface area (Å²) >= 11 is 0. The van der Waals surface area contributed by atoms with E-state index < -0.39 is 0 Å². The van der Waals surface area contributed by atoms with Crippen molar-refractivity contribution in [2.45, 2.75) is 33.4 Å². The first-order valence-electron chi connectivity index (χ1n) is 12.9. The van der Waals surface area contributed by atoms with Crippen LogP contribution in [0.1, 0.15) is 40.4 Å². The normalized spacial score (nSPS) is 17.8. The summed E-state index contributed by atoms with van der Waals surface area (Å²) in [5.41, 5.74) is 4.25. The number of carbonyl (C=O) groups is 2. The van der Waals surface area contributed by atoms with Gasteiger partial charge in [-0.25, -0.2) is 4.79 Å². The van der Waals surface area contributed by atoms with Gasteiger partial charge in [0, 0.05) is 71.0 Å². The van der Waals surface area contributed by atoms with E-state index in [0.29, 0.717) is 32.7 Å². The molecule has 0 unspecified atom stereocenters. The van der Waals surface area contributed by atoms with Crippen molar-refractivity contribution in [2.24, 2.45) is 0 Å². The van der Waals surface area contributed by atoms with Crippen LogP contribution in [-0.4, -0.2) is 90.4 Å². The van der Waals surface area contributed by atoms with Gasteiger partial charge < -0.3 is 20.0 Å². The summed E-state index contributed by atoms with van der Waals surface area (Å²) in [7, 11) is 0. The Balaban J connectivity index is 1.29. The number of carbonyl (C=O) groups excluding carboxylic acids is 2. The van der Waals surface area contributed by atoms with Crippen LogP contribution in [0.25, 0.3) is 0 Å². The zero-order chi connectivity index (χ0) is 24.6. The lowest BCUT2D eigenvalue weighted by molar-refractivity contribution is 0.0762.